The van der Waals surface area contributed by atoms with Crippen LogP contribution in [0.1, 0.15) is 5.69 Å². The molecule has 0 saturated heterocycles. The smallest absolute Gasteiger partial charge is 0.252 e. The first kappa shape index (κ1) is 7.84. The number of nitrogen functional groups attached to an aromatic ring is 1. The van der Waals surface area contributed by atoms with Crippen LogP contribution in [0.2, 0.25) is 0 Å². The molecule has 1 heterocycles. The highest BCUT2D eigenvalue weighted by molar-refractivity contribution is 5.43. The molecule has 0 atom stereocenters. The Kier molecular flexibility index (Phi) is 1.72. The molecule has 0 radical (unpaired) electrons. The van der Waals surface area contributed by atoms with Crippen molar-refractivity contribution >= 4 is 5.69 Å². The van der Waals surface area contributed by atoms with Gasteiger partial charge in [-0.1, -0.05) is 0 Å². The van der Waals surface area contributed by atoms with Gasteiger partial charge in [0.25, 0.3) is 5.95 Å². The molecule has 0 amide bonds. The maximum absolute atomic E-state index is 12.5. The van der Waals surface area contributed by atoms with E-state index in [1.54, 1.807) is 0 Å². The van der Waals surface area contributed by atoms with Crippen molar-refractivity contribution in [2.45, 2.75) is 6.92 Å². The van der Waals surface area contributed by atoms with E-state index < -0.39 is 23.3 Å². The normalized spacial score (nSPS) is 10.2. The average Bonchev–Trinajstić information content (AvgIpc) is 1.97. The lowest BCUT2D eigenvalue weighted by atomic mass is 10.3. The number of anilines is 1. The molecule has 1 aromatic heterocycles. The third-order valence-corrected chi connectivity index (χ3v) is 1.27. The lowest BCUT2D eigenvalue weighted by molar-refractivity contribution is 0.427. The minimum Gasteiger partial charge on any atom is -0.395 e. The number of pyridine rings is 1. The van der Waals surface area contributed by atoms with E-state index in [1.807, 2.05) is 0 Å². The van der Waals surface area contributed by atoms with Crippen LogP contribution in [0, 0.1) is 24.5 Å². The van der Waals surface area contributed by atoms with Gasteiger partial charge in [-0.3, -0.25) is 0 Å². The molecule has 2 N–H and O–H groups in total. The molecule has 0 aliphatic heterocycles. The molecular weight excluding hydrogens is 157 g/mol. The van der Waals surface area contributed by atoms with E-state index in [2.05, 4.69) is 4.98 Å². The van der Waals surface area contributed by atoms with Crippen LogP contribution < -0.4 is 5.73 Å². The quantitative estimate of drug-likeness (QED) is 0.585. The molecule has 0 bridgehead atoms. The van der Waals surface area contributed by atoms with Crippen molar-refractivity contribution in [3.8, 4) is 0 Å². The second kappa shape index (κ2) is 2.41. The highest BCUT2D eigenvalue weighted by Gasteiger charge is 2.15. The second-order valence-electron chi connectivity index (χ2n) is 2.03. The third-order valence-electron chi connectivity index (χ3n) is 1.27. The fourth-order valence-electron chi connectivity index (χ4n) is 0.624. The summed E-state index contributed by atoms with van der Waals surface area (Å²) in [6.45, 7) is 1.29. The Morgan fingerprint density at radius 1 is 1.18 bits per heavy atom. The van der Waals surface area contributed by atoms with Crippen molar-refractivity contribution in [3.05, 3.63) is 23.3 Å². The summed E-state index contributed by atoms with van der Waals surface area (Å²) in [5.41, 5.74) is 4.50. The van der Waals surface area contributed by atoms with Crippen molar-refractivity contribution in [2.75, 3.05) is 5.73 Å². The van der Waals surface area contributed by atoms with Crippen molar-refractivity contribution in [3.63, 3.8) is 0 Å². The third kappa shape index (κ3) is 1.13. The molecule has 0 spiro atoms. The Morgan fingerprint density at radius 2 is 1.73 bits per heavy atom. The maximum atomic E-state index is 12.5. The Morgan fingerprint density at radius 3 is 2.27 bits per heavy atom. The van der Waals surface area contributed by atoms with Gasteiger partial charge in [-0.15, -0.1) is 0 Å². The van der Waals surface area contributed by atoms with Gasteiger partial charge in [0, 0.05) is 0 Å². The van der Waals surface area contributed by atoms with Crippen LogP contribution in [0.4, 0.5) is 18.9 Å². The van der Waals surface area contributed by atoms with E-state index in [9.17, 15) is 13.2 Å². The van der Waals surface area contributed by atoms with Crippen molar-refractivity contribution < 1.29 is 13.2 Å². The molecule has 0 saturated carbocycles. The summed E-state index contributed by atoms with van der Waals surface area (Å²) in [5.74, 6) is -4.47. The minimum absolute atomic E-state index is 0.0543. The summed E-state index contributed by atoms with van der Waals surface area (Å²) in [6.07, 6.45) is 0. The van der Waals surface area contributed by atoms with Gasteiger partial charge in [0.2, 0.25) is 5.82 Å². The molecule has 0 aliphatic rings. The van der Waals surface area contributed by atoms with E-state index in [1.165, 1.54) is 6.92 Å². The highest BCUT2D eigenvalue weighted by atomic mass is 19.2. The zero-order chi connectivity index (χ0) is 8.59. The summed E-state index contributed by atoms with van der Waals surface area (Å²) >= 11 is 0. The first-order chi connectivity index (χ1) is 5.04. The van der Waals surface area contributed by atoms with Gasteiger partial charge in [-0.25, -0.2) is 9.37 Å². The number of aromatic nitrogens is 1. The molecule has 1 rings (SSSR count). The van der Waals surface area contributed by atoms with Gasteiger partial charge >= 0.3 is 0 Å². The molecular formula is C6H5F3N2. The SMILES string of the molecule is Cc1nc(F)c(F)c(F)c1N. The number of aryl methyl sites for hydroxylation is 1. The molecule has 1 aromatic rings. The van der Waals surface area contributed by atoms with Crippen LogP contribution in [-0.4, -0.2) is 4.98 Å². The van der Waals surface area contributed by atoms with Crippen LogP contribution in [-0.2, 0) is 0 Å². The van der Waals surface area contributed by atoms with E-state index in [0.717, 1.165) is 0 Å². The van der Waals surface area contributed by atoms with Crippen molar-refractivity contribution in [1.29, 1.82) is 0 Å². The van der Waals surface area contributed by atoms with Crippen LogP contribution in [0.25, 0.3) is 0 Å². The largest absolute Gasteiger partial charge is 0.395 e. The average molecular weight is 162 g/mol. The first-order valence-electron chi connectivity index (χ1n) is 2.80. The van der Waals surface area contributed by atoms with E-state index in [-0.39, 0.29) is 5.69 Å². The van der Waals surface area contributed by atoms with Crippen molar-refractivity contribution in [2.24, 2.45) is 0 Å². The molecule has 5 heteroatoms. The second-order valence-corrected chi connectivity index (χ2v) is 2.03. The molecule has 2 nitrogen and oxygen atoms in total. The monoisotopic (exact) mass is 162 g/mol. The van der Waals surface area contributed by atoms with Crippen molar-refractivity contribution in [1.82, 2.24) is 4.98 Å². The minimum atomic E-state index is -1.63. The number of nitrogens with zero attached hydrogens (tertiary/aromatic N) is 1. The predicted octanol–water partition coefficient (Wildman–Crippen LogP) is 1.39. The molecule has 11 heavy (non-hydrogen) atoms. The Hall–Kier alpha value is -1.26. The number of rotatable bonds is 0. The number of hydrogen-bond donors (Lipinski definition) is 1. The number of hydrogen-bond acceptors (Lipinski definition) is 2. The molecule has 0 aromatic carbocycles. The van der Waals surface area contributed by atoms with Crippen LogP contribution >= 0.6 is 0 Å². The molecule has 60 valence electrons. The zero-order valence-electron chi connectivity index (χ0n) is 5.66. The van der Waals surface area contributed by atoms with Gasteiger partial charge in [0.1, 0.15) is 0 Å². The summed E-state index contributed by atoms with van der Waals surface area (Å²) in [4.78, 5) is 3.03. The summed E-state index contributed by atoms with van der Waals surface area (Å²) < 4.78 is 37.0. The zero-order valence-corrected chi connectivity index (χ0v) is 5.66. The van der Waals surface area contributed by atoms with E-state index >= 15 is 0 Å². The summed E-state index contributed by atoms with van der Waals surface area (Å²) in [5, 5.41) is 0. The predicted molar refractivity (Wildman–Crippen MR) is 33.3 cm³/mol. The lowest BCUT2D eigenvalue weighted by Crippen LogP contribution is -2.04. The van der Waals surface area contributed by atoms with Crippen LogP contribution in [0.15, 0.2) is 0 Å². The topological polar surface area (TPSA) is 38.9 Å². The van der Waals surface area contributed by atoms with E-state index in [4.69, 9.17) is 5.73 Å². The Balaban J connectivity index is 3.46. The summed E-state index contributed by atoms with van der Waals surface area (Å²) in [7, 11) is 0. The van der Waals surface area contributed by atoms with Gasteiger partial charge in [0.15, 0.2) is 5.82 Å². The van der Waals surface area contributed by atoms with Gasteiger partial charge in [0.05, 0.1) is 11.4 Å². The lowest BCUT2D eigenvalue weighted by Gasteiger charge is -2.01. The summed E-state index contributed by atoms with van der Waals surface area (Å²) in [6, 6.07) is 0. The Labute approximate surface area is 60.9 Å². The number of nitrogens with two attached hydrogens (primary N) is 1. The van der Waals surface area contributed by atoms with Gasteiger partial charge in [-0.2, -0.15) is 8.78 Å². The molecule has 0 fully saturated rings. The number of halogens is 3. The van der Waals surface area contributed by atoms with Gasteiger partial charge < -0.3 is 5.73 Å². The molecule has 0 unspecified atom stereocenters. The van der Waals surface area contributed by atoms with Crippen LogP contribution in [0.5, 0.6) is 0 Å². The molecule has 0 aliphatic carbocycles. The Bertz CT molecular complexity index is 272. The first-order valence-corrected chi connectivity index (χ1v) is 2.80. The van der Waals surface area contributed by atoms with E-state index in [0.29, 0.717) is 0 Å². The van der Waals surface area contributed by atoms with Gasteiger partial charge in [-0.05, 0) is 6.92 Å². The fourth-order valence-corrected chi connectivity index (χ4v) is 0.624. The highest BCUT2D eigenvalue weighted by Crippen LogP contribution is 2.17. The standard InChI is InChI=1S/C6H5F3N2/c1-2-5(10)3(7)4(8)6(9)11-2/h10H2,1H3. The maximum Gasteiger partial charge on any atom is 0.252 e. The van der Waals surface area contributed by atoms with Crippen LogP contribution in [0.3, 0.4) is 0 Å². The fraction of sp³-hybridized carbons (Fsp3) is 0.167.